The first-order valence-corrected chi connectivity index (χ1v) is 61.7. The molecule has 5 amide bonds. The van der Waals surface area contributed by atoms with Crippen LogP contribution in [0.3, 0.4) is 0 Å². The van der Waals surface area contributed by atoms with Crippen molar-refractivity contribution < 1.29 is 132 Å². The van der Waals surface area contributed by atoms with Crippen molar-refractivity contribution in [1.29, 1.82) is 0 Å². The van der Waals surface area contributed by atoms with Gasteiger partial charge in [0.15, 0.2) is 12.2 Å². The number of nitrogens with zero attached hydrogens (tertiary/aromatic N) is 1. The van der Waals surface area contributed by atoms with Crippen LogP contribution in [0, 0.1) is 0 Å². The number of fused-ring (bicyclic) bond motifs is 1. The van der Waals surface area contributed by atoms with Crippen LogP contribution in [0.4, 0.5) is 4.79 Å². The molecule has 2 rings (SSSR count). The van der Waals surface area contributed by atoms with Crippen LogP contribution in [0.15, 0.2) is 0 Å². The second-order valence-electron chi connectivity index (χ2n) is 41.2. The Kier molecular flexibility index (Phi) is 99.5. The van der Waals surface area contributed by atoms with E-state index in [9.17, 15) is 47.8 Å². The Labute approximate surface area is 900 Å². The molecule has 0 radical (unpaired) electrons. The molecule has 870 valence electrons. The number of urea groups is 1. The summed E-state index contributed by atoms with van der Waals surface area (Å²) in [4.78, 5) is 113. The largest absolute Gasteiger partial charge is 0.756 e. The van der Waals surface area contributed by atoms with Crippen molar-refractivity contribution in [3.63, 3.8) is 0 Å². The number of nitrogens with one attached hydrogen (secondary N) is 5. The predicted molar refractivity (Wildman–Crippen MR) is 584 cm³/mol. The number of quaternary nitrogens is 1. The summed E-state index contributed by atoms with van der Waals surface area (Å²) >= 11 is 1.89. The molecule has 1 unspecified atom stereocenters. The van der Waals surface area contributed by atoms with Gasteiger partial charge in [-0.15, -0.1) is 0 Å². The zero-order chi connectivity index (χ0) is 107. The van der Waals surface area contributed by atoms with E-state index in [-0.39, 0.29) is 119 Å². The Morgan fingerprint density at radius 3 is 0.892 bits per heavy atom. The fraction of sp³-hybridized carbons (Fsp3) is 0.929. The zero-order valence-corrected chi connectivity index (χ0v) is 95.6. The third kappa shape index (κ3) is 98.4. The fourth-order valence-corrected chi connectivity index (χ4v) is 19.7. The molecule has 2 heterocycles. The summed E-state index contributed by atoms with van der Waals surface area (Å²) in [5.41, 5.74) is 0. The molecule has 35 heteroatoms. The molecule has 5 N–H and O–H groups in total. The molecule has 2 aliphatic heterocycles. The molecule has 0 aliphatic carbocycles. The number of phosphoric ester groups is 1. The Bertz CT molecular complexity index is 3110. The molecule has 2 saturated heterocycles. The quantitative estimate of drug-likeness (QED) is 0.00943. The maximum atomic E-state index is 13.1. The maximum absolute atomic E-state index is 13.1. The minimum absolute atomic E-state index is 0.0302. The second-order valence-corrected chi connectivity index (χ2v) is 43.9. The smallest absolute Gasteiger partial charge is 0.315 e. The van der Waals surface area contributed by atoms with Gasteiger partial charge in [-0.3, -0.25) is 38.1 Å². The Morgan fingerprint density at radius 1 is 0.318 bits per heavy atom. The maximum Gasteiger partial charge on any atom is 0.315 e. The number of esters is 4. The summed E-state index contributed by atoms with van der Waals surface area (Å²) in [7, 11) is 1.12. The molecule has 33 nitrogen and oxygen atoms in total. The second kappa shape index (κ2) is 105. The lowest BCUT2D eigenvalue weighted by atomic mass is 10.0. The van der Waals surface area contributed by atoms with E-state index in [1.165, 1.54) is 257 Å². The molecule has 2 aliphatic rings. The highest BCUT2D eigenvalue weighted by molar-refractivity contribution is 8.00. The molecule has 0 saturated carbocycles. The van der Waals surface area contributed by atoms with Crippen LogP contribution in [-0.2, 0) is 118 Å². The first-order valence-electron chi connectivity index (χ1n) is 59.2. The molecule has 2 fully saturated rings. The number of phosphoric acid groups is 1. The zero-order valence-electron chi connectivity index (χ0n) is 93.9. The Morgan fingerprint density at radius 2 is 0.581 bits per heavy atom. The van der Waals surface area contributed by atoms with Gasteiger partial charge in [0.1, 0.15) is 26.4 Å². The summed E-state index contributed by atoms with van der Waals surface area (Å²) in [6, 6.07) is 0.363. The lowest BCUT2D eigenvalue weighted by Gasteiger charge is -2.28. The van der Waals surface area contributed by atoms with Crippen molar-refractivity contribution in [2.75, 3.05) is 225 Å². The van der Waals surface area contributed by atoms with Crippen LogP contribution < -0.4 is 31.5 Å². The van der Waals surface area contributed by atoms with Crippen LogP contribution >= 0.6 is 19.6 Å². The van der Waals surface area contributed by atoms with Gasteiger partial charge in [-0.2, -0.15) is 11.8 Å². The lowest BCUT2D eigenvalue weighted by molar-refractivity contribution is -0.870. The van der Waals surface area contributed by atoms with E-state index in [1.807, 2.05) is 32.9 Å². The standard InChI is InChI=1S/C113H215N6O27PS/c1-6-8-10-12-14-16-18-36-40-44-48-52-56-64-108(123)141-97-101(96-116-107(122)69-68-106(121)115-71-74-131-77-79-133-81-83-135-85-87-137-89-91-139-93-95-140-94-92-138-90-88-136-86-84-134-82-80-132-78-76-130-73-70-114-105(120)63-61-60-62-104-112-103(100-148-104)117-113(127)118-112)145-110(125)66-58-54-50-46-42-38-34-32-30-28-26-24-22-20-21-23-25-27-29-31-33-35-39-43-47-51-55-59-67-111(126)146-102(99-144-147(128,129)143-75-72-119(3,4)5)98-142-109(124)65-57-53-49-45-41-37-19-17-15-13-11-9-7-2/h101-104,112H,6-100H2,1-5H3,(H5-,114,115,116,117,118,120,121,122,127,128,129)/t101-,102+,103-,104-,112-/m0/s1. The van der Waals surface area contributed by atoms with Crippen molar-refractivity contribution in [3.8, 4) is 0 Å². The first-order chi connectivity index (χ1) is 72.3. The number of unbranched alkanes of at least 4 members (excludes halogenated alkanes) is 52. The van der Waals surface area contributed by atoms with Crippen molar-refractivity contribution in [1.82, 2.24) is 26.6 Å². The van der Waals surface area contributed by atoms with Gasteiger partial charge in [-0.25, -0.2) is 4.79 Å². The van der Waals surface area contributed by atoms with Gasteiger partial charge >= 0.3 is 29.9 Å². The van der Waals surface area contributed by atoms with Gasteiger partial charge in [0.2, 0.25) is 17.7 Å². The number of likely N-dealkylation sites (N-methyl/N-ethyl adjacent to an activating group) is 1. The van der Waals surface area contributed by atoms with Gasteiger partial charge in [-0.1, -0.05) is 341 Å². The molecule has 0 aromatic heterocycles. The van der Waals surface area contributed by atoms with E-state index in [0.29, 0.717) is 187 Å². The van der Waals surface area contributed by atoms with Crippen molar-refractivity contribution in [2.45, 2.75) is 454 Å². The fourth-order valence-electron chi connectivity index (χ4n) is 17.4. The molecule has 0 bridgehead atoms. The van der Waals surface area contributed by atoms with E-state index in [0.717, 1.165) is 102 Å². The number of ether oxygens (including phenoxy) is 15. The van der Waals surface area contributed by atoms with Crippen molar-refractivity contribution >= 4 is 67.2 Å². The van der Waals surface area contributed by atoms with Gasteiger partial charge in [0, 0.05) is 69.0 Å². The number of carbonyl (C=O) groups is 8. The van der Waals surface area contributed by atoms with Crippen LogP contribution in [0.2, 0.25) is 0 Å². The van der Waals surface area contributed by atoms with E-state index in [2.05, 4.69) is 40.4 Å². The first kappa shape index (κ1) is 140. The average molecular weight is 2150 g/mol. The predicted octanol–water partition coefficient (Wildman–Crippen LogP) is 20.8. The van der Waals surface area contributed by atoms with Crippen LogP contribution in [0.25, 0.3) is 0 Å². The summed E-state index contributed by atoms with van der Waals surface area (Å²) < 4.78 is 107. The highest BCUT2D eigenvalue weighted by Crippen LogP contribution is 2.39. The van der Waals surface area contributed by atoms with E-state index >= 15 is 0 Å². The van der Waals surface area contributed by atoms with Crippen molar-refractivity contribution in [3.05, 3.63) is 0 Å². The number of amides is 5. The van der Waals surface area contributed by atoms with E-state index in [4.69, 9.17) is 80.1 Å². The highest BCUT2D eigenvalue weighted by atomic mass is 32.2. The van der Waals surface area contributed by atoms with Gasteiger partial charge in [0.05, 0.1) is 192 Å². The molecule has 148 heavy (non-hydrogen) atoms. The third-order valence-electron chi connectivity index (χ3n) is 26.4. The number of carbonyl (C=O) groups excluding carboxylic acids is 8. The molecule has 0 aromatic rings. The summed E-state index contributed by atoms with van der Waals surface area (Å²) in [5, 5.41) is 14.9. The number of hydrogen-bond donors (Lipinski definition) is 5. The van der Waals surface area contributed by atoms with E-state index < -0.39 is 38.6 Å². The highest BCUT2D eigenvalue weighted by Gasteiger charge is 2.42. The van der Waals surface area contributed by atoms with Crippen molar-refractivity contribution in [2.24, 2.45) is 0 Å². The minimum atomic E-state index is -4.67. The molecular formula is C113H215N6O27PS. The Hall–Kier alpha value is -4.46. The number of hydrogen-bond acceptors (Lipinski definition) is 28. The molecular weight excluding hydrogens is 1940 g/mol. The molecule has 0 spiro atoms. The average Bonchev–Trinajstić information content (AvgIpc) is 1.66. The van der Waals surface area contributed by atoms with Crippen LogP contribution in [0.1, 0.15) is 425 Å². The summed E-state index contributed by atoms with van der Waals surface area (Å²) in [5.74, 6) is -1.28. The van der Waals surface area contributed by atoms with E-state index in [1.54, 1.807) is 0 Å². The van der Waals surface area contributed by atoms with Gasteiger partial charge < -0.3 is 116 Å². The number of thioether (sulfide) groups is 1. The minimum Gasteiger partial charge on any atom is -0.756 e. The van der Waals surface area contributed by atoms with Crippen LogP contribution in [0.5, 0.6) is 0 Å². The topological polar surface area (TPSA) is 394 Å². The monoisotopic (exact) mass is 2150 g/mol. The number of rotatable bonds is 118. The molecule has 6 atom stereocenters. The Balaban J connectivity index is 1.42. The summed E-state index contributed by atoms with van der Waals surface area (Å²) in [6.07, 6.45) is 67.3. The summed E-state index contributed by atoms with van der Waals surface area (Å²) in [6.45, 7) is 14.1. The molecule has 0 aromatic carbocycles. The van der Waals surface area contributed by atoms with Gasteiger partial charge in [-0.05, 0) is 38.5 Å². The third-order valence-corrected chi connectivity index (χ3v) is 28.9. The SMILES string of the molecule is CCCCCCCCCCCCCCCC(=O)OC[C@H](COP(=O)([O-])OCC[N+](C)(C)C)OC(=O)CCCCCCCCCCCCCCCCCCCCCCCCCCCCCCC(=O)O[C@@H](CNC(=O)CCC(=O)NCCOCCOCCOCCOCCOCCOCCOCCOCCOCCOCCOCCNC(=O)CCCC[C@@H]1SC[C@@H]2NC(=O)N[C@@H]21)COC(=O)CCCCCCCCCCCCCCC. The van der Waals surface area contributed by atoms with Gasteiger partial charge in [0.25, 0.3) is 7.82 Å². The lowest BCUT2D eigenvalue weighted by Crippen LogP contribution is -2.38. The van der Waals surface area contributed by atoms with Crippen LogP contribution in [-0.4, -0.2) is 307 Å². The normalized spacial score (nSPS) is 14.8.